The normalized spacial score (nSPS) is 11.0. The number of carbonyl (C=O) groups excluding carboxylic acids is 1. The van der Waals surface area contributed by atoms with Crippen molar-refractivity contribution >= 4 is 21.6 Å². The minimum atomic E-state index is -3.69. The number of hydrogen-bond donors (Lipinski definition) is 2. The molecule has 0 saturated heterocycles. The first-order valence-electron chi connectivity index (χ1n) is 7.55. The van der Waals surface area contributed by atoms with Crippen LogP contribution in [0.1, 0.15) is 17.3 Å². The van der Waals surface area contributed by atoms with Crippen LogP contribution in [-0.4, -0.2) is 35.1 Å². The molecule has 134 valence electrons. The molecular formula is C17H20N2O5S. The highest BCUT2D eigenvalue weighted by atomic mass is 32.2. The molecule has 0 spiro atoms. The molecule has 0 saturated carbocycles. The summed E-state index contributed by atoms with van der Waals surface area (Å²) in [6.45, 7) is 1.92. The molecule has 2 rings (SSSR count). The van der Waals surface area contributed by atoms with Gasteiger partial charge in [0.2, 0.25) is 10.0 Å². The van der Waals surface area contributed by atoms with Crippen LogP contribution in [0.2, 0.25) is 0 Å². The number of anilines is 1. The van der Waals surface area contributed by atoms with Crippen LogP contribution in [0.15, 0.2) is 47.4 Å². The number of ether oxygens (including phenoxy) is 2. The van der Waals surface area contributed by atoms with Crippen LogP contribution in [0.4, 0.5) is 5.69 Å². The third-order valence-corrected chi connectivity index (χ3v) is 4.96. The van der Waals surface area contributed by atoms with E-state index < -0.39 is 15.9 Å². The summed E-state index contributed by atoms with van der Waals surface area (Å²) in [7, 11) is -0.782. The van der Waals surface area contributed by atoms with E-state index in [1.807, 2.05) is 0 Å². The minimum absolute atomic E-state index is 0.0136. The number of nitrogens with one attached hydrogen (secondary N) is 2. The Hall–Kier alpha value is -2.58. The molecule has 8 heteroatoms. The van der Waals surface area contributed by atoms with Gasteiger partial charge in [-0.3, -0.25) is 4.79 Å². The number of rotatable bonds is 7. The number of carbonyl (C=O) groups is 1. The van der Waals surface area contributed by atoms with E-state index in [9.17, 15) is 13.2 Å². The molecule has 0 unspecified atom stereocenters. The lowest BCUT2D eigenvalue weighted by Crippen LogP contribution is -2.24. The Kier molecular flexibility index (Phi) is 6.00. The summed E-state index contributed by atoms with van der Waals surface area (Å²) >= 11 is 0. The maximum atomic E-state index is 12.6. The van der Waals surface area contributed by atoms with E-state index in [4.69, 9.17) is 9.47 Å². The monoisotopic (exact) mass is 364 g/mol. The quantitative estimate of drug-likeness (QED) is 0.786. The molecule has 0 atom stereocenters. The van der Waals surface area contributed by atoms with E-state index in [0.29, 0.717) is 11.4 Å². The lowest BCUT2D eigenvalue weighted by Gasteiger charge is -2.13. The van der Waals surface area contributed by atoms with Crippen molar-refractivity contribution in [1.29, 1.82) is 0 Å². The smallest absolute Gasteiger partial charge is 0.259 e. The second kappa shape index (κ2) is 8.00. The molecule has 0 fully saturated rings. The highest BCUT2D eigenvalue weighted by Crippen LogP contribution is 2.27. The number of amides is 1. The van der Waals surface area contributed by atoms with Gasteiger partial charge in [0.15, 0.2) is 0 Å². The summed E-state index contributed by atoms with van der Waals surface area (Å²) in [6.07, 6.45) is 0. The SMILES string of the molecule is CCNS(=O)(=O)c1ccc(OC)c(C(=O)Nc2ccccc2OC)c1. The van der Waals surface area contributed by atoms with Crippen LogP contribution in [0.3, 0.4) is 0 Å². The molecule has 2 N–H and O–H groups in total. The predicted octanol–water partition coefficient (Wildman–Crippen LogP) is 2.25. The van der Waals surface area contributed by atoms with Crippen LogP contribution in [-0.2, 0) is 10.0 Å². The Balaban J connectivity index is 2.41. The van der Waals surface area contributed by atoms with Crippen LogP contribution >= 0.6 is 0 Å². The summed E-state index contributed by atoms with van der Waals surface area (Å²) in [6, 6.07) is 11.0. The summed E-state index contributed by atoms with van der Waals surface area (Å²) < 4.78 is 37.1. The van der Waals surface area contributed by atoms with Crippen molar-refractivity contribution in [3.8, 4) is 11.5 Å². The Morgan fingerprint density at radius 1 is 1.04 bits per heavy atom. The largest absolute Gasteiger partial charge is 0.496 e. The van der Waals surface area contributed by atoms with Gasteiger partial charge in [-0.25, -0.2) is 13.1 Å². The first-order valence-corrected chi connectivity index (χ1v) is 9.03. The van der Waals surface area contributed by atoms with Crippen molar-refractivity contribution in [3.63, 3.8) is 0 Å². The zero-order valence-corrected chi connectivity index (χ0v) is 15.0. The molecular weight excluding hydrogens is 344 g/mol. The number of benzene rings is 2. The molecule has 0 radical (unpaired) electrons. The molecule has 25 heavy (non-hydrogen) atoms. The molecule has 2 aromatic carbocycles. The van der Waals surface area contributed by atoms with Gasteiger partial charge in [0, 0.05) is 6.54 Å². The summed E-state index contributed by atoms with van der Waals surface area (Å²) in [5.74, 6) is 0.254. The standard InChI is InChI=1S/C17H20N2O5S/c1-4-18-25(21,22)12-9-10-15(23-2)13(11-12)17(20)19-14-7-5-6-8-16(14)24-3/h5-11,18H,4H2,1-3H3,(H,19,20). The van der Waals surface area contributed by atoms with Gasteiger partial charge in [-0.15, -0.1) is 0 Å². The molecule has 1 amide bonds. The van der Waals surface area contributed by atoms with Crippen LogP contribution < -0.4 is 19.5 Å². The predicted molar refractivity (Wildman–Crippen MR) is 94.8 cm³/mol. The lowest BCUT2D eigenvalue weighted by atomic mass is 10.1. The Morgan fingerprint density at radius 2 is 1.72 bits per heavy atom. The molecule has 0 aliphatic heterocycles. The van der Waals surface area contributed by atoms with Gasteiger partial charge in [-0.05, 0) is 30.3 Å². The van der Waals surface area contributed by atoms with Gasteiger partial charge < -0.3 is 14.8 Å². The number of methoxy groups -OCH3 is 2. The molecule has 0 aromatic heterocycles. The zero-order chi connectivity index (χ0) is 18.4. The molecule has 0 heterocycles. The number of hydrogen-bond acceptors (Lipinski definition) is 5. The van der Waals surface area contributed by atoms with Crippen molar-refractivity contribution in [2.75, 3.05) is 26.1 Å². The zero-order valence-electron chi connectivity index (χ0n) is 14.2. The molecule has 0 bridgehead atoms. The highest BCUT2D eigenvalue weighted by molar-refractivity contribution is 7.89. The van der Waals surface area contributed by atoms with Crippen molar-refractivity contribution in [2.45, 2.75) is 11.8 Å². The van der Waals surface area contributed by atoms with Gasteiger partial charge in [0.05, 0.1) is 30.4 Å². The van der Waals surface area contributed by atoms with E-state index in [0.717, 1.165) is 0 Å². The highest BCUT2D eigenvalue weighted by Gasteiger charge is 2.20. The topological polar surface area (TPSA) is 93.7 Å². The minimum Gasteiger partial charge on any atom is -0.496 e. The lowest BCUT2D eigenvalue weighted by molar-refractivity contribution is 0.102. The van der Waals surface area contributed by atoms with Gasteiger partial charge in [-0.2, -0.15) is 0 Å². The third kappa shape index (κ3) is 4.28. The average Bonchev–Trinajstić information content (AvgIpc) is 2.61. The van der Waals surface area contributed by atoms with E-state index in [1.165, 1.54) is 32.4 Å². The van der Waals surface area contributed by atoms with E-state index in [2.05, 4.69) is 10.0 Å². The van der Waals surface area contributed by atoms with Gasteiger partial charge >= 0.3 is 0 Å². The second-order valence-corrected chi connectivity index (χ2v) is 6.78. The maximum Gasteiger partial charge on any atom is 0.259 e. The molecule has 7 nitrogen and oxygen atoms in total. The van der Waals surface area contributed by atoms with E-state index in [-0.39, 0.29) is 22.8 Å². The van der Waals surface area contributed by atoms with E-state index >= 15 is 0 Å². The Bertz CT molecular complexity index is 865. The molecule has 0 aliphatic carbocycles. The molecule has 2 aromatic rings. The fraction of sp³-hybridized carbons (Fsp3) is 0.235. The summed E-state index contributed by atoms with van der Waals surface area (Å²) in [5, 5.41) is 2.70. The number of sulfonamides is 1. The van der Waals surface area contributed by atoms with Crippen LogP contribution in [0.5, 0.6) is 11.5 Å². The Morgan fingerprint density at radius 3 is 2.36 bits per heavy atom. The van der Waals surface area contributed by atoms with Crippen LogP contribution in [0, 0.1) is 0 Å². The Labute approximate surface area is 147 Å². The molecule has 0 aliphatic rings. The maximum absolute atomic E-state index is 12.6. The number of para-hydroxylation sites is 2. The van der Waals surface area contributed by atoms with Crippen LogP contribution in [0.25, 0.3) is 0 Å². The van der Waals surface area contributed by atoms with Crippen molar-refractivity contribution in [1.82, 2.24) is 4.72 Å². The first-order chi connectivity index (χ1) is 11.9. The first kappa shape index (κ1) is 18.8. The summed E-state index contributed by atoms with van der Waals surface area (Å²) in [5.41, 5.74) is 0.574. The fourth-order valence-electron chi connectivity index (χ4n) is 2.24. The van der Waals surface area contributed by atoms with Crippen molar-refractivity contribution in [2.24, 2.45) is 0 Å². The van der Waals surface area contributed by atoms with E-state index in [1.54, 1.807) is 31.2 Å². The summed E-state index contributed by atoms with van der Waals surface area (Å²) in [4.78, 5) is 12.6. The van der Waals surface area contributed by atoms with Crippen molar-refractivity contribution < 1.29 is 22.7 Å². The van der Waals surface area contributed by atoms with Gasteiger partial charge in [0.1, 0.15) is 11.5 Å². The average molecular weight is 364 g/mol. The fourth-order valence-corrected chi connectivity index (χ4v) is 3.31. The third-order valence-electron chi connectivity index (χ3n) is 3.42. The van der Waals surface area contributed by atoms with Gasteiger partial charge in [-0.1, -0.05) is 19.1 Å². The van der Waals surface area contributed by atoms with Crippen molar-refractivity contribution in [3.05, 3.63) is 48.0 Å². The second-order valence-electron chi connectivity index (χ2n) is 5.02. The van der Waals surface area contributed by atoms with Gasteiger partial charge in [0.25, 0.3) is 5.91 Å².